The molecule has 0 aromatic heterocycles. The van der Waals surface area contributed by atoms with Crippen molar-refractivity contribution in [1.82, 2.24) is 0 Å². The van der Waals surface area contributed by atoms with Gasteiger partial charge in [0.15, 0.2) is 0 Å². The maximum Gasteiger partial charge on any atom is 0.458 e. The Hall–Kier alpha value is -0.910. The van der Waals surface area contributed by atoms with Crippen LogP contribution in [0, 0.1) is 0 Å². The average molecular weight is 227 g/mol. The predicted octanol–water partition coefficient (Wildman–Crippen LogP) is 3.90. The van der Waals surface area contributed by atoms with E-state index in [1.54, 1.807) is 0 Å². The zero-order valence-corrected chi connectivity index (χ0v) is 7.42. The lowest BCUT2D eigenvalue weighted by atomic mass is 10.1. The van der Waals surface area contributed by atoms with Crippen molar-refractivity contribution in [1.29, 1.82) is 0 Å². The molecule has 0 saturated carbocycles. The van der Waals surface area contributed by atoms with Crippen molar-refractivity contribution in [3.8, 4) is 0 Å². The van der Waals surface area contributed by atoms with E-state index in [0.717, 1.165) is 6.07 Å². The molecule has 0 spiro atoms. The van der Waals surface area contributed by atoms with E-state index in [-0.39, 0.29) is 4.90 Å². The highest BCUT2D eigenvalue weighted by Gasteiger charge is 2.58. The molecule has 14 heavy (non-hydrogen) atoms. The summed E-state index contributed by atoms with van der Waals surface area (Å²) >= 11 is 4.49. The second kappa shape index (κ2) is 3.34. The van der Waals surface area contributed by atoms with E-state index in [1.807, 2.05) is 0 Å². The van der Waals surface area contributed by atoms with Gasteiger partial charge in [0, 0.05) is 10.5 Å². The normalized spacial score (nSPS) is 12.9. The van der Waals surface area contributed by atoms with Crippen molar-refractivity contribution >= 4 is 12.6 Å². The molecule has 6 heteroatoms. The third kappa shape index (κ3) is 1.95. The molecule has 1 aromatic rings. The van der Waals surface area contributed by atoms with Crippen LogP contribution in [-0.4, -0.2) is 6.18 Å². The van der Waals surface area contributed by atoms with Crippen molar-refractivity contribution in [3.05, 3.63) is 29.8 Å². The molecule has 0 atom stereocenters. The van der Waals surface area contributed by atoms with Crippen LogP contribution in [0.2, 0.25) is 0 Å². The molecule has 1 rings (SSSR count). The lowest BCUT2D eigenvalue weighted by Gasteiger charge is -2.19. The maximum absolute atomic E-state index is 12.7. The molecule has 0 amide bonds. The van der Waals surface area contributed by atoms with E-state index < -0.39 is 17.7 Å². The minimum Gasteiger partial charge on any atom is -0.191 e. The molecular formula is C8H4F5S. The van der Waals surface area contributed by atoms with Crippen LogP contribution in [0.4, 0.5) is 22.0 Å². The second-order valence-corrected chi connectivity index (χ2v) is 3.07. The average Bonchev–Trinajstić information content (AvgIpc) is 2.02. The van der Waals surface area contributed by atoms with Crippen LogP contribution >= 0.6 is 12.6 Å². The van der Waals surface area contributed by atoms with Gasteiger partial charge in [0.05, 0.1) is 0 Å². The van der Waals surface area contributed by atoms with Gasteiger partial charge in [0.25, 0.3) is 0 Å². The molecule has 0 heterocycles. The summed E-state index contributed by atoms with van der Waals surface area (Å²) in [6.07, 6.45) is -5.59. The summed E-state index contributed by atoms with van der Waals surface area (Å²) in [7, 11) is 0. The minimum atomic E-state index is -5.59. The molecule has 0 N–H and O–H groups in total. The lowest BCUT2D eigenvalue weighted by molar-refractivity contribution is -0.289. The minimum absolute atomic E-state index is 0.0496. The quantitative estimate of drug-likeness (QED) is 0.638. The molecule has 1 radical (unpaired) electrons. The van der Waals surface area contributed by atoms with Crippen LogP contribution in [-0.2, 0) is 5.92 Å². The molecule has 0 aliphatic carbocycles. The summed E-state index contributed by atoms with van der Waals surface area (Å²) in [5, 5.41) is 0. The Bertz CT molecular complexity index is 331. The van der Waals surface area contributed by atoms with E-state index in [2.05, 4.69) is 12.6 Å². The topological polar surface area (TPSA) is 0 Å². The Balaban J connectivity index is 3.16. The fourth-order valence-electron chi connectivity index (χ4n) is 0.855. The summed E-state index contributed by atoms with van der Waals surface area (Å²) < 4.78 is 60.9. The zero-order valence-electron chi connectivity index (χ0n) is 6.61. The Morgan fingerprint density at radius 2 is 1.57 bits per heavy atom. The first kappa shape index (κ1) is 11.2. The Kier molecular flexibility index (Phi) is 2.67. The van der Waals surface area contributed by atoms with Gasteiger partial charge in [0.1, 0.15) is 0 Å². The molecule has 0 saturated heterocycles. The third-order valence-electron chi connectivity index (χ3n) is 1.55. The largest absolute Gasteiger partial charge is 0.458 e. The van der Waals surface area contributed by atoms with Gasteiger partial charge in [0.2, 0.25) is 0 Å². The van der Waals surface area contributed by atoms with Crippen LogP contribution < -0.4 is 0 Å². The molecule has 0 aliphatic heterocycles. The van der Waals surface area contributed by atoms with Gasteiger partial charge in [-0.25, -0.2) is 0 Å². The fraction of sp³-hybridized carbons (Fsp3) is 0.250. The van der Waals surface area contributed by atoms with Crippen molar-refractivity contribution in [2.45, 2.75) is 17.0 Å². The molecule has 77 valence electrons. The molecule has 0 bridgehead atoms. The maximum atomic E-state index is 12.7. The molecule has 0 unspecified atom stereocenters. The fourth-order valence-corrected chi connectivity index (χ4v) is 1.06. The van der Waals surface area contributed by atoms with Crippen molar-refractivity contribution in [2.24, 2.45) is 0 Å². The highest BCUT2D eigenvalue weighted by molar-refractivity contribution is 7.80. The van der Waals surface area contributed by atoms with Gasteiger partial charge >= 0.3 is 12.1 Å². The summed E-state index contributed by atoms with van der Waals surface area (Å²) in [5.41, 5.74) is -1.13. The highest BCUT2D eigenvalue weighted by Crippen LogP contribution is 2.43. The van der Waals surface area contributed by atoms with Crippen molar-refractivity contribution < 1.29 is 22.0 Å². The first-order valence-electron chi connectivity index (χ1n) is 3.47. The number of hydrogen-bond acceptors (Lipinski definition) is 0. The number of alkyl halides is 5. The molecule has 0 fully saturated rings. The SMILES string of the molecule is FC(F)(F)C(F)(F)c1cccc([S])c1. The van der Waals surface area contributed by atoms with Crippen molar-refractivity contribution in [3.63, 3.8) is 0 Å². The smallest absolute Gasteiger partial charge is 0.191 e. The first-order chi connectivity index (χ1) is 6.25. The van der Waals surface area contributed by atoms with Gasteiger partial charge < -0.3 is 0 Å². The van der Waals surface area contributed by atoms with Crippen LogP contribution in [0.25, 0.3) is 0 Å². The monoisotopic (exact) mass is 227 g/mol. The molecule has 0 aliphatic rings. The lowest BCUT2D eigenvalue weighted by Crippen LogP contribution is -2.33. The van der Waals surface area contributed by atoms with E-state index in [1.165, 1.54) is 6.07 Å². The second-order valence-electron chi connectivity index (χ2n) is 2.60. The van der Waals surface area contributed by atoms with E-state index in [9.17, 15) is 22.0 Å². The zero-order chi connectivity index (χ0) is 11.0. The highest BCUT2D eigenvalue weighted by atomic mass is 32.1. The number of rotatable bonds is 1. The van der Waals surface area contributed by atoms with E-state index in [0.29, 0.717) is 12.1 Å². The number of halogens is 5. The number of benzene rings is 1. The summed E-state index contributed by atoms with van der Waals surface area (Å²) in [6, 6.07) is 3.68. The van der Waals surface area contributed by atoms with E-state index in [4.69, 9.17) is 0 Å². The summed E-state index contributed by atoms with van der Waals surface area (Å²) in [6.45, 7) is 0. The van der Waals surface area contributed by atoms with Gasteiger partial charge in [-0.1, -0.05) is 24.8 Å². The summed E-state index contributed by atoms with van der Waals surface area (Å²) in [4.78, 5) is -0.0496. The Labute approximate surface area is 82.1 Å². The Morgan fingerprint density at radius 1 is 1.00 bits per heavy atom. The van der Waals surface area contributed by atoms with Gasteiger partial charge in [-0.15, -0.1) is 0 Å². The standard InChI is InChI=1S/C8H4F5S/c9-7(10,8(11,12)13)5-2-1-3-6(14)4-5/h1-4H. The van der Waals surface area contributed by atoms with Crippen LogP contribution in [0.5, 0.6) is 0 Å². The molecule has 1 aromatic carbocycles. The molecular weight excluding hydrogens is 223 g/mol. The first-order valence-corrected chi connectivity index (χ1v) is 3.88. The summed E-state index contributed by atoms with van der Waals surface area (Å²) in [5.74, 6) is -4.85. The number of hydrogen-bond donors (Lipinski definition) is 0. The van der Waals surface area contributed by atoms with Crippen molar-refractivity contribution in [2.75, 3.05) is 0 Å². The van der Waals surface area contributed by atoms with Crippen LogP contribution in [0.1, 0.15) is 5.56 Å². The van der Waals surface area contributed by atoms with Gasteiger partial charge in [-0.05, 0) is 12.1 Å². The van der Waals surface area contributed by atoms with Gasteiger partial charge in [-0.3, -0.25) is 0 Å². The molecule has 0 nitrogen and oxygen atoms in total. The Morgan fingerprint density at radius 3 is 2.00 bits per heavy atom. The van der Waals surface area contributed by atoms with Crippen LogP contribution in [0.3, 0.4) is 0 Å². The van der Waals surface area contributed by atoms with E-state index >= 15 is 0 Å². The third-order valence-corrected chi connectivity index (χ3v) is 1.81. The predicted molar refractivity (Wildman–Crippen MR) is 42.2 cm³/mol. The van der Waals surface area contributed by atoms with Gasteiger partial charge in [-0.2, -0.15) is 22.0 Å². The van der Waals surface area contributed by atoms with Crippen LogP contribution in [0.15, 0.2) is 29.2 Å².